The number of benzene rings is 1. The zero-order valence-electron chi connectivity index (χ0n) is 9.96. The lowest BCUT2D eigenvalue weighted by Crippen LogP contribution is -2.02. The van der Waals surface area contributed by atoms with Crippen molar-refractivity contribution in [3.63, 3.8) is 0 Å². The van der Waals surface area contributed by atoms with Gasteiger partial charge in [-0.25, -0.2) is 14.2 Å². The first-order valence-electron chi connectivity index (χ1n) is 5.31. The van der Waals surface area contributed by atoms with E-state index in [9.17, 15) is 9.18 Å². The number of aromatic nitrogens is 1. The first-order valence-corrected chi connectivity index (χ1v) is 6.13. The van der Waals surface area contributed by atoms with Crippen LogP contribution >= 0.6 is 11.8 Å². The SMILES string of the molecule is COc1ccccc1Sc1ncc(F)cc1C(=O)O. The molecule has 4 nitrogen and oxygen atoms in total. The summed E-state index contributed by atoms with van der Waals surface area (Å²) < 4.78 is 18.2. The number of carboxylic acids is 1. The molecule has 0 unspecified atom stereocenters. The minimum atomic E-state index is -1.22. The smallest absolute Gasteiger partial charge is 0.338 e. The molecule has 0 atom stereocenters. The predicted molar refractivity (Wildman–Crippen MR) is 68.3 cm³/mol. The van der Waals surface area contributed by atoms with Crippen molar-refractivity contribution in [2.75, 3.05) is 7.11 Å². The maximum atomic E-state index is 13.0. The highest BCUT2D eigenvalue weighted by Crippen LogP contribution is 2.35. The number of ether oxygens (including phenoxy) is 1. The minimum Gasteiger partial charge on any atom is -0.496 e. The Balaban J connectivity index is 2.41. The van der Waals surface area contributed by atoms with Crippen molar-refractivity contribution in [1.29, 1.82) is 0 Å². The largest absolute Gasteiger partial charge is 0.496 e. The zero-order chi connectivity index (χ0) is 13.8. The van der Waals surface area contributed by atoms with E-state index in [-0.39, 0.29) is 10.6 Å². The lowest BCUT2D eigenvalue weighted by molar-refractivity contribution is 0.0691. The zero-order valence-corrected chi connectivity index (χ0v) is 10.8. The number of pyridine rings is 1. The molecule has 6 heteroatoms. The Hall–Kier alpha value is -2.08. The predicted octanol–water partition coefficient (Wildman–Crippen LogP) is 3.08. The second-order valence-electron chi connectivity index (χ2n) is 3.56. The molecule has 0 saturated heterocycles. The Labute approximate surface area is 113 Å². The number of halogens is 1. The molecule has 0 spiro atoms. The third-order valence-electron chi connectivity index (χ3n) is 2.32. The lowest BCUT2D eigenvalue weighted by atomic mass is 10.3. The van der Waals surface area contributed by atoms with Gasteiger partial charge < -0.3 is 9.84 Å². The third kappa shape index (κ3) is 3.03. The summed E-state index contributed by atoms with van der Waals surface area (Å²) in [4.78, 5) is 15.6. The van der Waals surface area contributed by atoms with Crippen LogP contribution in [0.4, 0.5) is 4.39 Å². The van der Waals surface area contributed by atoms with Crippen molar-refractivity contribution in [3.05, 3.63) is 47.9 Å². The van der Waals surface area contributed by atoms with E-state index in [0.717, 1.165) is 24.0 Å². The number of hydrogen-bond donors (Lipinski definition) is 1. The molecule has 1 aromatic carbocycles. The van der Waals surface area contributed by atoms with Crippen LogP contribution in [0.5, 0.6) is 5.75 Å². The Bertz CT molecular complexity index is 619. The number of aromatic carboxylic acids is 1. The molecule has 19 heavy (non-hydrogen) atoms. The summed E-state index contributed by atoms with van der Waals surface area (Å²) >= 11 is 1.12. The minimum absolute atomic E-state index is 0.170. The van der Waals surface area contributed by atoms with Crippen LogP contribution in [-0.2, 0) is 0 Å². The van der Waals surface area contributed by atoms with Crippen LogP contribution in [0.3, 0.4) is 0 Å². The highest BCUT2D eigenvalue weighted by Gasteiger charge is 2.15. The first-order chi connectivity index (χ1) is 9.11. The number of nitrogens with zero attached hydrogens (tertiary/aromatic N) is 1. The van der Waals surface area contributed by atoms with Gasteiger partial charge in [0.1, 0.15) is 16.6 Å². The topological polar surface area (TPSA) is 59.4 Å². The Kier molecular flexibility index (Phi) is 4.01. The molecule has 0 bridgehead atoms. The van der Waals surface area contributed by atoms with Crippen LogP contribution in [0.25, 0.3) is 0 Å². The normalized spacial score (nSPS) is 10.2. The number of para-hydroxylation sites is 1. The monoisotopic (exact) mass is 279 g/mol. The third-order valence-corrected chi connectivity index (χ3v) is 3.40. The van der Waals surface area contributed by atoms with Gasteiger partial charge in [0.2, 0.25) is 0 Å². The first kappa shape index (κ1) is 13.4. The number of carbonyl (C=O) groups is 1. The Morgan fingerprint density at radius 2 is 2.16 bits per heavy atom. The van der Waals surface area contributed by atoms with Gasteiger partial charge >= 0.3 is 5.97 Å². The van der Waals surface area contributed by atoms with Crippen molar-refractivity contribution in [2.45, 2.75) is 9.92 Å². The molecular weight excluding hydrogens is 269 g/mol. The summed E-state index contributed by atoms with van der Waals surface area (Å²) in [6.07, 6.45) is 0.990. The standard InChI is InChI=1S/C13H10FNO3S/c1-18-10-4-2-3-5-11(10)19-12-9(13(16)17)6-8(14)7-15-12/h2-7H,1H3,(H,16,17). The summed E-state index contributed by atoms with van der Waals surface area (Å²) in [5.74, 6) is -1.29. The molecule has 1 aromatic heterocycles. The summed E-state index contributed by atoms with van der Waals surface area (Å²) in [6.45, 7) is 0. The van der Waals surface area contributed by atoms with E-state index < -0.39 is 11.8 Å². The quantitative estimate of drug-likeness (QED) is 0.932. The second kappa shape index (κ2) is 5.71. The van der Waals surface area contributed by atoms with Crippen LogP contribution < -0.4 is 4.74 Å². The van der Waals surface area contributed by atoms with Crippen molar-refractivity contribution in [1.82, 2.24) is 4.98 Å². The van der Waals surface area contributed by atoms with E-state index >= 15 is 0 Å². The van der Waals surface area contributed by atoms with Gasteiger partial charge in [0.15, 0.2) is 0 Å². The number of methoxy groups -OCH3 is 1. The lowest BCUT2D eigenvalue weighted by Gasteiger charge is -2.08. The van der Waals surface area contributed by atoms with Crippen molar-refractivity contribution >= 4 is 17.7 Å². The average molecular weight is 279 g/mol. The van der Waals surface area contributed by atoms with Crippen molar-refractivity contribution in [2.24, 2.45) is 0 Å². The van der Waals surface area contributed by atoms with Crippen molar-refractivity contribution in [3.8, 4) is 5.75 Å². The Morgan fingerprint density at radius 3 is 2.84 bits per heavy atom. The van der Waals surface area contributed by atoms with Gasteiger partial charge in [0, 0.05) is 0 Å². The molecule has 1 heterocycles. The highest BCUT2D eigenvalue weighted by molar-refractivity contribution is 7.99. The van der Waals surface area contributed by atoms with Gasteiger partial charge in [-0.05, 0) is 18.2 Å². The molecule has 0 aliphatic heterocycles. The molecule has 0 radical (unpaired) electrons. The molecule has 2 aromatic rings. The summed E-state index contributed by atoms with van der Waals surface area (Å²) in [7, 11) is 1.52. The number of hydrogen-bond acceptors (Lipinski definition) is 4. The molecule has 1 N–H and O–H groups in total. The van der Waals surface area contributed by atoms with Crippen LogP contribution in [-0.4, -0.2) is 23.2 Å². The molecule has 2 rings (SSSR count). The fraction of sp³-hybridized carbons (Fsp3) is 0.0769. The van der Waals surface area contributed by atoms with Gasteiger partial charge in [0.25, 0.3) is 0 Å². The molecule has 0 fully saturated rings. The second-order valence-corrected chi connectivity index (χ2v) is 4.59. The number of carboxylic acid groups (broad SMARTS) is 1. The molecule has 0 aliphatic carbocycles. The van der Waals surface area contributed by atoms with E-state index in [4.69, 9.17) is 9.84 Å². The van der Waals surface area contributed by atoms with Gasteiger partial charge in [-0.15, -0.1) is 0 Å². The van der Waals surface area contributed by atoms with Gasteiger partial charge in [-0.1, -0.05) is 23.9 Å². The molecule has 0 saturated carbocycles. The molecular formula is C13H10FNO3S. The molecule has 0 aliphatic rings. The van der Waals surface area contributed by atoms with E-state index in [2.05, 4.69) is 4.98 Å². The summed E-state index contributed by atoms with van der Waals surface area (Å²) in [5.41, 5.74) is -0.170. The van der Waals surface area contributed by atoms with Crippen LogP contribution in [0, 0.1) is 5.82 Å². The average Bonchev–Trinajstić information content (AvgIpc) is 2.41. The van der Waals surface area contributed by atoms with Crippen LogP contribution in [0.15, 0.2) is 46.5 Å². The summed E-state index contributed by atoms with van der Waals surface area (Å²) in [5, 5.41) is 9.26. The number of rotatable bonds is 4. The maximum absolute atomic E-state index is 13.0. The van der Waals surface area contributed by atoms with Gasteiger partial charge in [0.05, 0.1) is 23.8 Å². The fourth-order valence-electron chi connectivity index (χ4n) is 1.47. The van der Waals surface area contributed by atoms with Crippen LogP contribution in [0.1, 0.15) is 10.4 Å². The van der Waals surface area contributed by atoms with E-state index in [1.54, 1.807) is 24.3 Å². The van der Waals surface area contributed by atoms with E-state index in [1.807, 2.05) is 0 Å². The van der Waals surface area contributed by atoms with Crippen LogP contribution in [0.2, 0.25) is 0 Å². The van der Waals surface area contributed by atoms with Gasteiger partial charge in [-0.2, -0.15) is 0 Å². The molecule has 0 amide bonds. The summed E-state index contributed by atoms with van der Waals surface area (Å²) in [6, 6.07) is 8.09. The molecule has 98 valence electrons. The van der Waals surface area contributed by atoms with E-state index in [1.165, 1.54) is 7.11 Å². The Morgan fingerprint density at radius 1 is 1.42 bits per heavy atom. The highest BCUT2D eigenvalue weighted by atomic mass is 32.2. The maximum Gasteiger partial charge on any atom is 0.338 e. The van der Waals surface area contributed by atoms with E-state index in [0.29, 0.717) is 10.6 Å². The van der Waals surface area contributed by atoms with Gasteiger partial charge in [-0.3, -0.25) is 0 Å². The fourth-order valence-corrected chi connectivity index (χ4v) is 2.44. The van der Waals surface area contributed by atoms with Crippen molar-refractivity contribution < 1.29 is 19.0 Å².